The quantitative estimate of drug-likeness (QED) is 0.848. The normalized spacial score (nSPS) is 19.3. The maximum atomic E-state index is 13.1. The number of amides is 2. The molecule has 1 atom stereocenters. The van der Waals surface area contributed by atoms with E-state index in [1.807, 2.05) is 54.6 Å². The SMILES string of the molecule is O=C(NC1CCCCC1)[C@@H]1Cc2ccccc2CN1C(=O)OCc1ccccc1. The van der Waals surface area contributed by atoms with Crippen molar-refractivity contribution in [2.45, 2.75) is 63.8 Å². The van der Waals surface area contributed by atoms with Gasteiger partial charge in [-0.1, -0.05) is 73.9 Å². The van der Waals surface area contributed by atoms with E-state index >= 15 is 0 Å². The number of carbonyl (C=O) groups is 2. The van der Waals surface area contributed by atoms with Crippen molar-refractivity contribution in [3.63, 3.8) is 0 Å². The highest BCUT2D eigenvalue weighted by Crippen LogP contribution is 2.25. The molecule has 29 heavy (non-hydrogen) atoms. The van der Waals surface area contributed by atoms with Gasteiger partial charge in [0.25, 0.3) is 0 Å². The molecule has 0 unspecified atom stereocenters. The van der Waals surface area contributed by atoms with Crippen LogP contribution in [0.5, 0.6) is 0 Å². The zero-order valence-corrected chi connectivity index (χ0v) is 16.7. The van der Waals surface area contributed by atoms with Crippen LogP contribution < -0.4 is 5.32 Å². The molecular formula is C24H28N2O3. The maximum absolute atomic E-state index is 13.1. The lowest BCUT2D eigenvalue weighted by Gasteiger charge is -2.36. The lowest BCUT2D eigenvalue weighted by molar-refractivity contribution is -0.127. The minimum atomic E-state index is -0.532. The molecule has 2 aromatic carbocycles. The minimum Gasteiger partial charge on any atom is -0.445 e. The molecule has 2 aromatic rings. The highest BCUT2D eigenvalue weighted by molar-refractivity contribution is 5.86. The van der Waals surface area contributed by atoms with Gasteiger partial charge in [-0.2, -0.15) is 0 Å². The summed E-state index contributed by atoms with van der Waals surface area (Å²) < 4.78 is 5.56. The summed E-state index contributed by atoms with van der Waals surface area (Å²) in [5.74, 6) is -0.0666. The third-order valence-corrected chi connectivity index (χ3v) is 5.94. The molecule has 0 bridgehead atoms. The van der Waals surface area contributed by atoms with Gasteiger partial charge in [0.2, 0.25) is 5.91 Å². The number of rotatable bonds is 4. The Kier molecular flexibility index (Phi) is 6.13. The average Bonchev–Trinajstić information content (AvgIpc) is 2.78. The van der Waals surface area contributed by atoms with Crippen LogP contribution in [0, 0.1) is 0 Å². The smallest absolute Gasteiger partial charge is 0.411 e. The standard InChI is InChI=1S/C24H28N2O3/c27-23(25-21-13-5-2-6-14-21)22-15-19-11-7-8-12-20(19)16-26(22)24(28)29-17-18-9-3-1-4-10-18/h1,3-4,7-12,21-22H,2,5-6,13-17H2,(H,25,27)/t22-/m0/s1. The molecule has 2 amide bonds. The largest absolute Gasteiger partial charge is 0.445 e. The van der Waals surface area contributed by atoms with Crippen LogP contribution in [-0.4, -0.2) is 29.0 Å². The van der Waals surface area contributed by atoms with Gasteiger partial charge in [0, 0.05) is 12.5 Å². The second-order valence-corrected chi connectivity index (χ2v) is 8.00. The van der Waals surface area contributed by atoms with Gasteiger partial charge in [-0.05, 0) is 29.5 Å². The summed E-state index contributed by atoms with van der Waals surface area (Å²) >= 11 is 0. The van der Waals surface area contributed by atoms with Crippen molar-refractivity contribution in [2.24, 2.45) is 0 Å². The topological polar surface area (TPSA) is 58.6 Å². The molecule has 1 heterocycles. The van der Waals surface area contributed by atoms with Crippen molar-refractivity contribution in [3.8, 4) is 0 Å². The Morgan fingerprint density at radius 1 is 0.931 bits per heavy atom. The first-order chi connectivity index (χ1) is 14.2. The summed E-state index contributed by atoms with van der Waals surface area (Å²) in [6.07, 6.45) is 5.67. The average molecular weight is 392 g/mol. The first-order valence-electron chi connectivity index (χ1n) is 10.5. The fourth-order valence-electron chi connectivity index (χ4n) is 4.30. The fourth-order valence-corrected chi connectivity index (χ4v) is 4.30. The van der Waals surface area contributed by atoms with Crippen LogP contribution in [0.3, 0.4) is 0 Å². The first-order valence-corrected chi connectivity index (χ1v) is 10.5. The molecule has 1 aliphatic heterocycles. The molecule has 1 fully saturated rings. The molecule has 4 rings (SSSR count). The predicted molar refractivity (Wildman–Crippen MR) is 111 cm³/mol. The van der Waals surface area contributed by atoms with Crippen molar-refractivity contribution >= 4 is 12.0 Å². The molecule has 0 aromatic heterocycles. The lowest BCUT2D eigenvalue weighted by Crippen LogP contribution is -2.54. The molecule has 0 saturated heterocycles. The number of ether oxygens (including phenoxy) is 1. The first kappa shape index (κ1) is 19.5. The third kappa shape index (κ3) is 4.78. The number of benzene rings is 2. The summed E-state index contributed by atoms with van der Waals surface area (Å²) in [6, 6.07) is 17.3. The fraction of sp³-hybridized carbons (Fsp3) is 0.417. The van der Waals surface area contributed by atoms with Crippen molar-refractivity contribution in [2.75, 3.05) is 0 Å². The zero-order chi connectivity index (χ0) is 20.1. The van der Waals surface area contributed by atoms with Crippen LogP contribution in [0.25, 0.3) is 0 Å². The molecule has 5 heteroatoms. The van der Waals surface area contributed by atoms with Crippen LogP contribution in [0.1, 0.15) is 48.8 Å². The van der Waals surface area contributed by atoms with E-state index in [2.05, 4.69) is 5.32 Å². The molecule has 5 nitrogen and oxygen atoms in total. The Morgan fingerprint density at radius 2 is 1.62 bits per heavy atom. The van der Waals surface area contributed by atoms with Gasteiger partial charge in [-0.15, -0.1) is 0 Å². The summed E-state index contributed by atoms with van der Waals surface area (Å²) in [4.78, 5) is 27.6. The van der Waals surface area contributed by atoms with Crippen molar-refractivity contribution in [1.82, 2.24) is 10.2 Å². The van der Waals surface area contributed by atoms with Crippen LogP contribution in [0.4, 0.5) is 4.79 Å². The molecule has 0 spiro atoms. The highest BCUT2D eigenvalue weighted by Gasteiger charge is 2.36. The predicted octanol–water partition coefficient (Wildman–Crippen LogP) is 4.20. The van der Waals surface area contributed by atoms with Gasteiger partial charge in [-0.3, -0.25) is 9.69 Å². The van der Waals surface area contributed by atoms with Gasteiger partial charge in [0.05, 0.1) is 6.54 Å². The van der Waals surface area contributed by atoms with Crippen molar-refractivity contribution < 1.29 is 14.3 Å². The number of hydrogen-bond donors (Lipinski definition) is 1. The number of nitrogens with zero attached hydrogens (tertiary/aromatic N) is 1. The molecule has 1 aliphatic carbocycles. The molecule has 2 aliphatic rings. The molecule has 0 radical (unpaired) electrons. The van der Waals surface area contributed by atoms with E-state index < -0.39 is 12.1 Å². The van der Waals surface area contributed by atoms with E-state index in [-0.39, 0.29) is 18.6 Å². The van der Waals surface area contributed by atoms with E-state index in [4.69, 9.17) is 4.74 Å². The number of fused-ring (bicyclic) bond motifs is 1. The Labute approximate surface area is 172 Å². The summed E-state index contributed by atoms with van der Waals surface area (Å²) in [5.41, 5.74) is 3.13. The molecule has 152 valence electrons. The second kappa shape index (κ2) is 9.12. The van der Waals surface area contributed by atoms with Crippen LogP contribution in [0.2, 0.25) is 0 Å². The lowest BCUT2D eigenvalue weighted by atomic mass is 9.92. The van der Waals surface area contributed by atoms with Gasteiger partial charge >= 0.3 is 6.09 Å². The van der Waals surface area contributed by atoms with Crippen LogP contribution in [0.15, 0.2) is 54.6 Å². The van der Waals surface area contributed by atoms with Crippen molar-refractivity contribution in [3.05, 3.63) is 71.3 Å². The molecule has 1 N–H and O–H groups in total. The minimum absolute atomic E-state index is 0.0666. The monoisotopic (exact) mass is 392 g/mol. The van der Waals surface area contributed by atoms with Gasteiger partial charge in [0.1, 0.15) is 12.6 Å². The maximum Gasteiger partial charge on any atom is 0.411 e. The molecule has 1 saturated carbocycles. The van der Waals surface area contributed by atoms with Crippen LogP contribution in [-0.2, 0) is 29.1 Å². The van der Waals surface area contributed by atoms with Gasteiger partial charge in [0.15, 0.2) is 0 Å². The van der Waals surface area contributed by atoms with Gasteiger partial charge < -0.3 is 10.1 Å². The van der Waals surface area contributed by atoms with E-state index in [0.29, 0.717) is 13.0 Å². The van der Waals surface area contributed by atoms with Crippen molar-refractivity contribution in [1.29, 1.82) is 0 Å². The third-order valence-electron chi connectivity index (χ3n) is 5.94. The van der Waals surface area contributed by atoms with Crippen LogP contribution >= 0.6 is 0 Å². The highest BCUT2D eigenvalue weighted by atomic mass is 16.6. The number of nitrogens with one attached hydrogen (secondary N) is 1. The summed E-state index contributed by atoms with van der Waals surface area (Å²) in [6.45, 7) is 0.599. The Hall–Kier alpha value is -2.82. The van der Waals surface area contributed by atoms with E-state index in [1.165, 1.54) is 6.42 Å². The Morgan fingerprint density at radius 3 is 2.38 bits per heavy atom. The number of hydrogen-bond acceptors (Lipinski definition) is 3. The second-order valence-electron chi connectivity index (χ2n) is 8.00. The molecular weight excluding hydrogens is 364 g/mol. The number of carbonyl (C=O) groups excluding carboxylic acids is 2. The Balaban J connectivity index is 1.48. The summed E-state index contributed by atoms with van der Waals surface area (Å²) in [5, 5.41) is 3.19. The van der Waals surface area contributed by atoms with E-state index in [9.17, 15) is 9.59 Å². The zero-order valence-electron chi connectivity index (χ0n) is 16.7. The van der Waals surface area contributed by atoms with E-state index in [0.717, 1.165) is 42.4 Å². The Bertz CT molecular complexity index is 846. The summed E-state index contributed by atoms with van der Waals surface area (Å²) in [7, 11) is 0. The van der Waals surface area contributed by atoms with E-state index in [1.54, 1.807) is 4.90 Å². The van der Waals surface area contributed by atoms with Gasteiger partial charge in [-0.25, -0.2) is 4.79 Å².